The highest BCUT2D eigenvalue weighted by Crippen LogP contribution is 2.27. The summed E-state index contributed by atoms with van der Waals surface area (Å²) in [5.74, 6) is -2.22. The zero-order valence-corrected chi connectivity index (χ0v) is 19.1. The lowest BCUT2D eigenvalue weighted by Gasteiger charge is -2.25. The Hall–Kier alpha value is -3.91. The van der Waals surface area contributed by atoms with Gasteiger partial charge in [0, 0.05) is 17.8 Å². The summed E-state index contributed by atoms with van der Waals surface area (Å²) < 4.78 is 45.7. The molecule has 35 heavy (non-hydrogen) atoms. The fourth-order valence-electron chi connectivity index (χ4n) is 3.98. The third kappa shape index (κ3) is 5.27. The van der Waals surface area contributed by atoms with E-state index >= 15 is 0 Å². The van der Waals surface area contributed by atoms with E-state index in [0.29, 0.717) is 17.7 Å². The molecule has 2 atom stereocenters. The average molecular weight is 480 g/mol. The second-order valence-electron chi connectivity index (χ2n) is 8.26. The van der Waals surface area contributed by atoms with E-state index in [9.17, 15) is 22.8 Å². The lowest BCUT2D eigenvalue weighted by atomic mass is 9.96. The van der Waals surface area contributed by atoms with Crippen molar-refractivity contribution in [2.24, 2.45) is 0 Å². The Labute approximate surface area is 199 Å². The van der Waals surface area contributed by atoms with Gasteiger partial charge in [-0.2, -0.15) is 0 Å². The van der Waals surface area contributed by atoms with Gasteiger partial charge in [-0.3, -0.25) is 9.59 Å². The van der Waals surface area contributed by atoms with E-state index < -0.39 is 22.5 Å². The van der Waals surface area contributed by atoms with Crippen molar-refractivity contribution in [2.75, 3.05) is 12.4 Å². The van der Waals surface area contributed by atoms with E-state index in [1.54, 1.807) is 24.3 Å². The molecular weight excluding hydrogens is 457 g/mol. The monoisotopic (exact) mass is 480 g/mol. The number of ether oxygens (including phenoxy) is 1. The molecule has 0 saturated carbocycles. The molecule has 0 heterocycles. The Kier molecular flexibility index (Phi) is 7.02. The van der Waals surface area contributed by atoms with E-state index in [1.165, 1.54) is 25.3 Å². The van der Waals surface area contributed by atoms with Gasteiger partial charge >= 0.3 is 0 Å². The molecule has 0 spiro atoms. The first-order chi connectivity index (χ1) is 16.8. The van der Waals surface area contributed by atoms with Gasteiger partial charge in [-0.05, 0) is 66.4 Å². The summed E-state index contributed by atoms with van der Waals surface area (Å²) in [5.41, 5.74) is 1.65. The minimum Gasteiger partial charge on any atom is -0.491 e. The summed E-state index contributed by atoms with van der Waals surface area (Å²) in [7, 11) is 1.32. The van der Waals surface area contributed by atoms with Crippen LogP contribution in [0, 0.1) is 17.5 Å². The van der Waals surface area contributed by atoms with Crippen LogP contribution in [0.15, 0.2) is 76.3 Å². The van der Waals surface area contributed by atoms with Crippen molar-refractivity contribution in [1.29, 1.82) is 0 Å². The maximum atomic E-state index is 13.8. The molecule has 0 aromatic heterocycles. The molecule has 0 saturated heterocycles. The largest absolute Gasteiger partial charge is 0.491 e. The van der Waals surface area contributed by atoms with Gasteiger partial charge in [-0.25, -0.2) is 13.2 Å². The van der Waals surface area contributed by atoms with Crippen LogP contribution in [-0.4, -0.2) is 7.11 Å². The van der Waals surface area contributed by atoms with Gasteiger partial charge in [0.05, 0.1) is 7.11 Å². The number of hydrogen-bond donors (Lipinski definition) is 2. The Balaban J connectivity index is 1.58. The predicted molar refractivity (Wildman–Crippen MR) is 128 cm³/mol. The average Bonchev–Trinajstić information content (AvgIpc) is 2.85. The second kappa shape index (κ2) is 10.1. The smallest absolute Gasteiger partial charge is 0.272 e. The standard InChI is InChI=1S/C27H23F3N2O3/c1-15(18-8-11-21(29)22(30)14-18)31-23(17-6-9-19(28)10-7-17)13-16-4-3-5-20(12-16)32-24-25(33)26(34)27(24)35-2/h3-12,14-15,23,31-32H,13H2,1-2H3. The SMILES string of the molecule is COc1c(Nc2cccc(CC(NC(C)c3ccc(F)c(F)c3)c3ccc(F)cc3)c2)c(=O)c1=O. The molecule has 180 valence electrons. The highest BCUT2D eigenvalue weighted by molar-refractivity contribution is 5.70. The van der Waals surface area contributed by atoms with Crippen molar-refractivity contribution >= 4 is 11.4 Å². The Morgan fingerprint density at radius 3 is 2.26 bits per heavy atom. The van der Waals surface area contributed by atoms with Crippen molar-refractivity contribution in [3.05, 3.63) is 121 Å². The molecule has 2 unspecified atom stereocenters. The summed E-state index contributed by atoms with van der Waals surface area (Å²) in [5, 5.41) is 6.35. The zero-order valence-electron chi connectivity index (χ0n) is 19.1. The topological polar surface area (TPSA) is 67.4 Å². The van der Waals surface area contributed by atoms with Gasteiger partial charge in [0.15, 0.2) is 17.4 Å². The molecule has 0 aliphatic rings. The summed E-state index contributed by atoms with van der Waals surface area (Å²) >= 11 is 0. The quantitative estimate of drug-likeness (QED) is 0.327. The van der Waals surface area contributed by atoms with Crippen LogP contribution >= 0.6 is 0 Å². The molecule has 0 radical (unpaired) electrons. The van der Waals surface area contributed by atoms with Crippen LogP contribution in [0.2, 0.25) is 0 Å². The molecule has 5 nitrogen and oxygen atoms in total. The second-order valence-corrected chi connectivity index (χ2v) is 8.26. The van der Waals surface area contributed by atoms with Gasteiger partial charge in [0.1, 0.15) is 11.5 Å². The molecule has 4 rings (SSSR count). The van der Waals surface area contributed by atoms with Crippen LogP contribution in [0.1, 0.15) is 35.7 Å². The maximum absolute atomic E-state index is 13.8. The first kappa shape index (κ1) is 24.2. The predicted octanol–water partition coefficient (Wildman–Crippen LogP) is 5.09. The molecule has 4 aromatic carbocycles. The number of anilines is 2. The van der Waals surface area contributed by atoms with Crippen LogP contribution in [0.3, 0.4) is 0 Å². The van der Waals surface area contributed by atoms with Crippen LogP contribution in [0.5, 0.6) is 5.75 Å². The van der Waals surface area contributed by atoms with Crippen molar-refractivity contribution in [2.45, 2.75) is 25.4 Å². The lowest BCUT2D eigenvalue weighted by molar-refractivity contribution is 0.408. The van der Waals surface area contributed by atoms with Crippen LogP contribution in [0.25, 0.3) is 0 Å². The van der Waals surface area contributed by atoms with Crippen molar-refractivity contribution in [3.8, 4) is 5.75 Å². The van der Waals surface area contributed by atoms with Crippen molar-refractivity contribution in [3.63, 3.8) is 0 Å². The van der Waals surface area contributed by atoms with Crippen LogP contribution < -0.4 is 26.2 Å². The number of hydrogen-bond acceptors (Lipinski definition) is 5. The summed E-state index contributed by atoms with van der Waals surface area (Å²) in [6.07, 6.45) is 0.470. The van der Waals surface area contributed by atoms with Gasteiger partial charge in [0.25, 0.3) is 10.9 Å². The van der Waals surface area contributed by atoms with E-state index in [1.807, 2.05) is 19.1 Å². The first-order valence-corrected chi connectivity index (χ1v) is 11.0. The molecule has 0 amide bonds. The fourth-order valence-corrected chi connectivity index (χ4v) is 3.98. The summed E-state index contributed by atoms with van der Waals surface area (Å²) in [6, 6.07) is 16.5. The van der Waals surface area contributed by atoms with E-state index in [4.69, 9.17) is 4.74 Å². The lowest BCUT2D eigenvalue weighted by Crippen LogP contribution is -2.34. The third-order valence-electron chi connectivity index (χ3n) is 5.87. The fraction of sp³-hybridized carbons (Fsp3) is 0.185. The normalized spacial score (nSPS) is 12.9. The van der Waals surface area contributed by atoms with Gasteiger partial charge in [0.2, 0.25) is 0 Å². The highest BCUT2D eigenvalue weighted by atomic mass is 19.2. The number of methoxy groups -OCH3 is 1. The summed E-state index contributed by atoms with van der Waals surface area (Å²) in [4.78, 5) is 23.5. The van der Waals surface area contributed by atoms with Crippen LogP contribution in [0.4, 0.5) is 24.5 Å². The van der Waals surface area contributed by atoms with Gasteiger partial charge in [-0.1, -0.05) is 30.3 Å². The zero-order chi connectivity index (χ0) is 25.1. The van der Waals surface area contributed by atoms with Crippen molar-refractivity contribution in [1.82, 2.24) is 5.32 Å². The molecule has 0 aliphatic carbocycles. The minimum absolute atomic E-state index is 0.00777. The number of halogens is 3. The number of nitrogens with one attached hydrogen (secondary N) is 2. The van der Waals surface area contributed by atoms with E-state index in [0.717, 1.165) is 23.3 Å². The molecule has 2 N–H and O–H groups in total. The Morgan fingerprint density at radius 2 is 1.57 bits per heavy atom. The Bertz CT molecular complexity index is 1410. The molecule has 0 aliphatic heterocycles. The van der Waals surface area contributed by atoms with Crippen molar-refractivity contribution < 1.29 is 17.9 Å². The maximum Gasteiger partial charge on any atom is 0.272 e. The number of rotatable bonds is 9. The summed E-state index contributed by atoms with van der Waals surface area (Å²) in [6.45, 7) is 1.83. The van der Waals surface area contributed by atoms with E-state index in [-0.39, 0.29) is 29.3 Å². The number of benzene rings is 3. The molecule has 8 heteroatoms. The molecule has 4 aromatic rings. The Morgan fingerprint density at radius 1 is 0.857 bits per heavy atom. The van der Waals surface area contributed by atoms with Crippen LogP contribution in [-0.2, 0) is 6.42 Å². The highest BCUT2D eigenvalue weighted by Gasteiger charge is 2.22. The van der Waals surface area contributed by atoms with E-state index in [2.05, 4.69) is 10.6 Å². The minimum atomic E-state index is -0.929. The first-order valence-electron chi connectivity index (χ1n) is 11.0. The molecule has 0 fully saturated rings. The third-order valence-corrected chi connectivity index (χ3v) is 5.87. The van der Waals surface area contributed by atoms with Gasteiger partial charge < -0.3 is 15.4 Å². The molecular formula is C27H23F3N2O3. The molecule has 0 bridgehead atoms. The van der Waals surface area contributed by atoms with Gasteiger partial charge in [-0.15, -0.1) is 0 Å².